The molecule has 0 bridgehead atoms. The minimum Gasteiger partial charge on any atom is -0.422 e. The molecule has 2 amide bonds. The third kappa shape index (κ3) is 7.22. The molecule has 0 spiro atoms. The molecule has 0 aliphatic rings. The number of carbonyl (C=O) groups is 3. The molecule has 3 aromatic rings. The van der Waals surface area contributed by atoms with E-state index in [9.17, 15) is 14.4 Å². The Hall–Kier alpha value is -3.05. The van der Waals surface area contributed by atoms with Gasteiger partial charge in [-0.3, -0.25) is 9.59 Å². The quantitative estimate of drug-likeness (QED) is 0.134. The van der Waals surface area contributed by atoms with E-state index in [1.165, 1.54) is 6.21 Å². The third-order valence-electron chi connectivity index (χ3n) is 4.38. The second-order valence-electron chi connectivity index (χ2n) is 6.89. The van der Waals surface area contributed by atoms with Crippen LogP contribution in [-0.4, -0.2) is 30.5 Å². The number of benzene rings is 3. The number of esters is 1. The normalized spacial score (nSPS) is 10.6. The number of hydrogen-bond acceptors (Lipinski definition) is 5. The van der Waals surface area contributed by atoms with Crippen molar-refractivity contribution < 1.29 is 19.1 Å². The SMILES string of the molecule is Cc1ccc(C(=O)Oc2ccc(Br)cc2/C=N\NC(=O)CNC(=O)c2ccccc2I)cc1. The summed E-state index contributed by atoms with van der Waals surface area (Å²) in [5, 5.41) is 6.46. The molecule has 33 heavy (non-hydrogen) atoms. The molecule has 9 heteroatoms. The van der Waals surface area contributed by atoms with Crippen LogP contribution in [0.1, 0.15) is 31.8 Å². The van der Waals surface area contributed by atoms with Gasteiger partial charge < -0.3 is 10.1 Å². The van der Waals surface area contributed by atoms with Crippen molar-refractivity contribution in [1.82, 2.24) is 10.7 Å². The van der Waals surface area contributed by atoms with E-state index >= 15 is 0 Å². The van der Waals surface area contributed by atoms with Crippen molar-refractivity contribution in [2.75, 3.05) is 6.54 Å². The van der Waals surface area contributed by atoms with Crippen LogP contribution in [0.25, 0.3) is 0 Å². The fraction of sp³-hybridized carbons (Fsp3) is 0.0833. The maximum absolute atomic E-state index is 12.4. The number of rotatable bonds is 7. The zero-order valence-corrected chi connectivity index (χ0v) is 21.2. The monoisotopic (exact) mass is 619 g/mol. The Kier molecular flexibility index (Phi) is 8.72. The van der Waals surface area contributed by atoms with Crippen LogP contribution >= 0.6 is 38.5 Å². The summed E-state index contributed by atoms with van der Waals surface area (Å²) in [6.07, 6.45) is 1.36. The fourth-order valence-corrected chi connectivity index (χ4v) is 3.69. The molecule has 3 rings (SSSR count). The highest BCUT2D eigenvalue weighted by Gasteiger charge is 2.12. The molecule has 0 atom stereocenters. The molecule has 7 nitrogen and oxygen atoms in total. The van der Waals surface area contributed by atoms with E-state index in [1.54, 1.807) is 48.5 Å². The van der Waals surface area contributed by atoms with Crippen LogP contribution in [0.5, 0.6) is 5.75 Å². The van der Waals surface area contributed by atoms with Gasteiger partial charge in [0.2, 0.25) is 0 Å². The third-order valence-corrected chi connectivity index (χ3v) is 5.82. The number of hydrogen-bond donors (Lipinski definition) is 2. The minimum absolute atomic E-state index is 0.241. The largest absolute Gasteiger partial charge is 0.422 e. The summed E-state index contributed by atoms with van der Waals surface area (Å²) in [5.74, 6) is -1.07. The van der Waals surface area contributed by atoms with Gasteiger partial charge in [-0.05, 0) is 72.0 Å². The summed E-state index contributed by atoms with van der Waals surface area (Å²) in [7, 11) is 0. The number of nitrogens with zero attached hydrogens (tertiary/aromatic N) is 1. The lowest BCUT2D eigenvalue weighted by molar-refractivity contribution is -0.120. The topological polar surface area (TPSA) is 96.9 Å². The first-order valence-electron chi connectivity index (χ1n) is 9.76. The van der Waals surface area contributed by atoms with Gasteiger partial charge in [-0.15, -0.1) is 0 Å². The molecular formula is C24H19BrIN3O4. The van der Waals surface area contributed by atoms with E-state index in [0.717, 1.165) is 13.6 Å². The molecule has 2 N–H and O–H groups in total. The number of amides is 2. The van der Waals surface area contributed by atoms with Crippen LogP contribution in [0.4, 0.5) is 0 Å². The molecule has 0 fully saturated rings. The number of nitrogens with one attached hydrogen (secondary N) is 2. The molecule has 0 unspecified atom stereocenters. The minimum atomic E-state index is -0.505. The van der Waals surface area contributed by atoms with Crippen LogP contribution in [0, 0.1) is 10.5 Å². The Morgan fingerprint density at radius 3 is 2.52 bits per heavy atom. The first-order chi connectivity index (χ1) is 15.8. The van der Waals surface area contributed by atoms with Crippen molar-refractivity contribution in [3.8, 4) is 5.75 Å². The standard InChI is InChI=1S/C24H19BrIN3O4/c1-15-6-8-16(9-7-15)24(32)33-21-11-10-18(25)12-17(21)13-28-29-22(30)14-27-23(31)19-4-2-3-5-20(19)26/h2-13H,14H2,1H3,(H,27,31)(H,29,30)/b28-13-. The van der Waals surface area contributed by atoms with Gasteiger partial charge in [-0.1, -0.05) is 45.8 Å². The zero-order valence-electron chi connectivity index (χ0n) is 17.5. The van der Waals surface area contributed by atoms with Crippen molar-refractivity contribution in [2.45, 2.75) is 6.92 Å². The lowest BCUT2D eigenvalue weighted by Crippen LogP contribution is -2.35. The Labute approximate surface area is 212 Å². The Balaban J connectivity index is 1.60. The van der Waals surface area contributed by atoms with E-state index in [1.807, 2.05) is 25.1 Å². The van der Waals surface area contributed by atoms with Gasteiger partial charge in [-0.25, -0.2) is 10.2 Å². The second kappa shape index (κ2) is 11.7. The molecule has 0 aliphatic carbocycles. The molecule has 3 aromatic carbocycles. The summed E-state index contributed by atoms with van der Waals surface area (Å²) in [4.78, 5) is 36.7. The molecule has 0 saturated heterocycles. The lowest BCUT2D eigenvalue weighted by Gasteiger charge is -2.08. The van der Waals surface area contributed by atoms with E-state index in [4.69, 9.17) is 4.74 Å². The maximum atomic E-state index is 12.4. The molecule has 168 valence electrons. The number of hydrazone groups is 1. The maximum Gasteiger partial charge on any atom is 0.343 e. The number of aryl methyl sites for hydroxylation is 1. The van der Waals surface area contributed by atoms with Crippen molar-refractivity contribution in [2.24, 2.45) is 5.10 Å². The molecular weight excluding hydrogens is 601 g/mol. The first kappa shape index (κ1) is 24.6. The van der Waals surface area contributed by atoms with Crippen LogP contribution in [0.3, 0.4) is 0 Å². The van der Waals surface area contributed by atoms with Crippen molar-refractivity contribution in [3.63, 3.8) is 0 Å². The van der Waals surface area contributed by atoms with Gasteiger partial charge in [-0.2, -0.15) is 5.10 Å². The van der Waals surface area contributed by atoms with Crippen LogP contribution in [0.2, 0.25) is 0 Å². The summed E-state index contributed by atoms with van der Waals surface area (Å²) in [6.45, 7) is 1.69. The first-order valence-corrected chi connectivity index (χ1v) is 11.6. The number of ether oxygens (including phenoxy) is 1. The van der Waals surface area contributed by atoms with E-state index < -0.39 is 11.9 Å². The molecule has 0 heterocycles. The molecule has 0 radical (unpaired) electrons. The smallest absolute Gasteiger partial charge is 0.343 e. The summed E-state index contributed by atoms with van der Waals surface area (Å²) < 4.78 is 7.03. The summed E-state index contributed by atoms with van der Waals surface area (Å²) in [6, 6.07) is 19.2. The Bertz CT molecular complexity index is 1210. The van der Waals surface area contributed by atoms with E-state index in [0.29, 0.717) is 16.7 Å². The molecule has 0 aliphatic heterocycles. The second-order valence-corrected chi connectivity index (χ2v) is 8.97. The van der Waals surface area contributed by atoms with Crippen molar-refractivity contribution in [1.29, 1.82) is 0 Å². The van der Waals surface area contributed by atoms with Gasteiger partial charge in [0, 0.05) is 13.6 Å². The average molecular weight is 620 g/mol. The van der Waals surface area contributed by atoms with Gasteiger partial charge in [0.1, 0.15) is 5.75 Å². The highest BCUT2D eigenvalue weighted by atomic mass is 127. The number of halogens is 2. The Morgan fingerprint density at radius 2 is 1.79 bits per heavy atom. The van der Waals surface area contributed by atoms with Gasteiger partial charge in [0.05, 0.1) is 23.9 Å². The summed E-state index contributed by atoms with van der Waals surface area (Å²) in [5.41, 5.74) is 4.77. The number of carbonyl (C=O) groups excluding carboxylic acids is 3. The fourth-order valence-electron chi connectivity index (χ4n) is 2.68. The predicted molar refractivity (Wildman–Crippen MR) is 138 cm³/mol. The molecule has 0 saturated carbocycles. The predicted octanol–water partition coefficient (Wildman–Crippen LogP) is 4.46. The highest BCUT2D eigenvalue weighted by molar-refractivity contribution is 14.1. The van der Waals surface area contributed by atoms with Gasteiger partial charge >= 0.3 is 5.97 Å². The van der Waals surface area contributed by atoms with Crippen molar-refractivity contribution in [3.05, 3.63) is 97.0 Å². The lowest BCUT2D eigenvalue weighted by atomic mass is 10.1. The summed E-state index contributed by atoms with van der Waals surface area (Å²) >= 11 is 5.42. The zero-order chi connectivity index (χ0) is 23.8. The van der Waals surface area contributed by atoms with Gasteiger partial charge in [0.15, 0.2) is 0 Å². The average Bonchev–Trinajstić information content (AvgIpc) is 2.80. The van der Waals surface area contributed by atoms with Crippen LogP contribution in [0.15, 0.2) is 76.3 Å². The Morgan fingerprint density at radius 1 is 1.06 bits per heavy atom. The molecule has 0 aromatic heterocycles. The van der Waals surface area contributed by atoms with Crippen molar-refractivity contribution >= 4 is 62.5 Å². The van der Waals surface area contributed by atoms with Gasteiger partial charge in [0.25, 0.3) is 11.8 Å². The van der Waals surface area contributed by atoms with E-state index in [2.05, 4.69) is 54.4 Å². The van der Waals surface area contributed by atoms with Crippen LogP contribution < -0.4 is 15.5 Å². The highest BCUT2D eigenvalue weighted by Crippen LogP contribution is 2.23. The van der Waals surface area contributed by atoms with Crippen LogP contribution in [-0.2, 0) is 4.79 Å². The van der Waals surface area contributed by atoms with E-state index in [-0.39, 0.29) is 18.2 Å².